The third-order valence-corrected chi connectivity index (χ3v) is 6.24. The summed E-state index contributed by atoms with van der Waals surface area (Å²) in [4.78, 5) is 26.4. The molecule has 0 saturated carbocycles. The predicted molar refractivity (Wildman–Crippen MR) is 121 cm³/mol. The Balaban J connectivity index is 1.85. The van der Waals surface area contributed by atoms with Gasteiger partial charge in [-0.2, -0.15) is 0 Å². The molecular formula is C23H27NO6S. The van der Waals surface area contributed by atoms with Crippen LogP contribution in [-0.2, 0) is 22.4 Å². The number of carbonyl (C=O) groups excluding carboxylic acids is 2. The number of benzene rings is 1. The van der Waals surface area contributed by atoms with E-state index in [0.717, 1.165) is 36.1 Å². The normalized spacial score (nSPS) is 12.9. The van der Waals surface area contributed by atoms with E-state index in [1.165, 1.54) is 31.6 Å². The van der Waals surface area contributed by atoms with Gasteiger partial charge in [0, 0.05) is 16.5 Å². The van der Waals surface area contributed by atoms with Crippen molar-refractivity contribution in [1.29, 1.82) is 0 Å². The Labute approximate surface area is 186 Å². The standard InChI is InChI=1S/C23H27NO6S/c1-5-30-23(26)19-15-8-6-7-9-17(15)31-22(19)24-18(25)13-11-14-10-12-16(27-2)21(29-4)20(14)28-3/h10-13H,5-9H2,1-4H3,(H,24,25). The summed E-state index contributed by atoms with van der Waals surface area (Å²) in [5.74, 6) is 0.709. The minimum Gasteiger partial charge on any atom is -0.493 e. The van der Waals surface area contributed by atoms with Gasteiger partial charge in [0.1, 0.15) is 5.00 Å². The number of esters is 1. The van der Waals surface area contributed by atoms with Gasteiger partial charge in [-0.3, -0.25) is 4.79 Å². The van der Waals surface area contributed by atoms with Crippen LogP contribution in [0.15, 0.2) is 18.2 Å². The molecule has 1 aromatic carbocycles. The lowest BCUT2D eigenvalue weighted by molar-refractivity contribution is -0.111. The Bertz CT molecular complexity index is 994. The Morgan fingerprint density at radius 2 is 1.81 bits per heavy atom. The van der Waals surface area contributed by atoms with Gasteiger partial charge in [0.2, 0.25) is 11.7 Å². The number of fused-ring (bicyclic) bond motifs is 1. The maximum absolute atomic E-state index is 12.7. The van der Waals surface area contributed by atoms with E-state index in [1.807, 2.05) is 0 Å². The fourth-order valence-electron chi connectivity index (χ4n) is 3.65. The molecule has 0 unspecified atom stereocenters. The van der Waals surface area contributed by atoms with Crippen LogP contribution >= 0.6 is 11.3 Å². The molecule has 0 spiro atoms. The predicted octanol–water partition coefficient (Wildman–Crippen LogP) is 4.48. The number of hydrogen-bond donors (Lipinski definition) is 1. The summed E-state index contributed by atoms with van der Waals surface area (Å²) < 4.78 is 21.3. The van der Waals surface area contributed by atoms with E-state index in [-0.39, 0.29) is 18.5 Å². The highest BCUT2D eigenvalue weighted by molar-refractivity contribution is 7.17. The van der Waals surface area contributed by atoms with Gasteiger partial charge < -0.3 is 24.3 Å². The number of thiophene rings is 1. The molecule has 0 fully saturated rings. The minimum atomic E-state index is -0.386. The summed E-state index contributed by atoms with van der Waals surface area (Å²) in [5.41, 5.74) is 2.16. The Morgan fingerprint density at radius 3 is 2.48 bits per heavy atom. The number of carbonyl (C=O) groups is 2. The zero-order valence-electron chi connectivity index (χ0n) is 18.2. The molecule has 0 radical (unpaired) electrons. The molecule has 7 nitrogen and oxygen atoms in total. The average molecular weight is 446 g/mol. The van der Waals surface area contributed by atoms with Gasteiger partial charge >= 0.3 is 5.97 Å². The van der Waals surface area contributed by atoms with Gasteiger partial charge in [0.15, 0.2) is 11.5 Å². The second kappa shape index (κ2) is 10.3. The van der Waals surface area contributed by atoms with Crippen LogP contribution in [0.4, 0.5) is 5.00 Å². The molecule has 1 aliphatic rings. The molecule has 0 aliphatic heterocycles. The maximum Gasteiger partial charge on any atom is 0.341 e. The number of aryl methyl sites for hydroxylation is 1. The lowest BCUT2D eigenvalue weighted by Gasteiger charge is -2.14. The van der Waals surface area contributed by atoms with Crippen molar-refractivity contribution in [3.8, 4) is 17.2 Å². The van der Waals surface area contributed by atoms with E-state index in [4.69, 9.17) is 18.9 Å². The van der Waals surface area contributed by atoms with E-state index in [0.29, 0.717) is 33.4 Å². The largest absolute Gasteiger partial charge is 0.493 e. The molecule has 1 aromatic heterocycles. The highest BCUT2D eigenvalue weighted by Gasteiger charge is 2.27. The van der Waals surface area contributed by atoms with Crippen LogP contribution < -0.4 is 19.5 Å². The van der Waals surface area contributed by atoms with E-state index >= 15 is 0 Å². The smallest absolute Gasteiger partial charge is 0.341 e. The molecule has 0 saturated heterocycles. The highest BCUT2D eigenvalue weighted by Crippen LogP contribution is 2.41. The number of methoxy groups -OCH3 is 3. The van der Waals surface area contributed by atoms with Crippen LogP contribution in [0, 0.1) is 0 Å². The Hall–Kier alpha value is -3.00. The lowest BCUT2D eigenvalue weighted by atomic mass is 9.95. The van der Waals surface area contributed by atoms with Gasteiger partial charge in [-0.1, -0.05) is 0 Å². The number of hydrogen-bond acceptors (Lipinski definition) is 7. The molecule has 2 aromatic rings. The molecule has 0 bridgehead atoms. The van der Waals surface area contributed by atoms with Gasteiger partial charge in [-0.15, -0.1) is 11.3 Å². The summed E-state index contributed by atoms with van der Waals surface area (Å²) in [7, 11) is 4.59. The topological polar surface area (TPSA) is 83.1 Å². The van der Waals surface area contributed by atoms with Crippen LogP contribution in [0.3, 0.4) is 0 Å². The average Bonchev–Trinajstić information content (AvgIpc) is 3.14. The van der Waals surface area contributed by atoms with Gasteiger partial charge in [-0.05, 0) is 56.4 Å². The third kappa shape index (κ3) is 4.85. The molecule has 31 heavy (non-hydrogen) atoms. The molecule has 8 heteroatoms. The van der Waals surface area contributed by atoms with Crippen molar-refractivity contribution in [3.63, 3.8) is 0 Å². The van der Waals surface area contributed by atoms with Crippen molar-refractivity contribution in [1.82, 2.24) is 0 Å². The third-order valence-electron chi connectivity index (χ3n) is 5.04. The van der Waals surface area contributed by atoms with E-state index < -0.39 is 0 Å². The first-order chi connectivity index (χ1) is 15.0. The molecule has 1 heterocycles. The molecular weight excluding hydrogens is 418 g/mol. The van der Waals surface area contributed by atoms with E-state index in [2.05, 4.69) is 5.32 Å². The quantitative estimate of drug-likeness (QED) is 0.476. The van der Waals surface area contributed by atoms with Crippen molar-refractivity contribution in [2.75, 3.05) is 33.3 Å². The van der Waals surface area contributed by atoms with Crippen molar-refractivity contribution < 1.29 is 28.5 Å². The summed E-state index contributed by atoms with van der Waals surface area (Å²) in [6.45, 7) is 2.06. The van der Waals surface area contributed by atoms with Crippen LogP contribution in [-0.4, -0.2) is 39.8 Å². The van der Waals surface area contributed by atoms with E-state index in [1.54, 1.807) is 32.2 Å². The van der Waals surface area contributed by atoms with Crippen LogP contribution in [0.25, 0.3) is 6.08 Å². The number of amides is 1. The van der Waals surface area contributed by atoms with Crippen LogP contribution in [0.2, 0.25) is 0 Å². The molecule has 0 atom stereocenters. The molecule has 3 rings (SSSR count). The van der Waals surface area contributed by atoms with Crippen molar-refractivity contribution >= 4 is 34.3 Å². The Morgan fingerprint density at radius 1 is 1.06 bits per heavy atom. The summed E-state index contributed by atoms with van der Waals surface area (Å²) >= 11 is 1.46. The number of nitrogens with one attached hydrogen (secondary N) is 1. The minimum absolute atomic E-state index is 0.288. The first-order valence-corrected chi connectivity index (χ1v) is 10.9. The second-order valence-electron chi connectivity index (χ2n) is 6.88. The number of ether oxygens (including phenoxy) is 4. The van der Waals surface area contributed by atoms with Crippen molar-refractivity contribution in [3.05, 3.63) is 39.8 Å². The summed E-state index contributed by atoms with van der Waals surface area (Å²) in [6.07, 6.45) is 6.89. The molecule has 1 amide bonds. The Kier molecular flexibility index (Phi) is 7.57. The SMILES string of the molecule is CCOC(=O)c1c(NC(=O)C=Cc2ccc(OC)c(OC)c2OC)sc2c1CCCC2. The molecule has 1 N–H and O–H groups in total. The fourth-order valence-corrected chi connectivity index (χ4v) is 4.93. The maximum atomic E-state index is 12.7. The van der Waals surface area contributed by atoms with E-state index in [9.17, 15) is 9.59 Å². The molecule has 1 aliphatic carbocycles. The van der Waals surface area contributed by atoms with Gasteiger partial charge in [0.25, 0.3) is 0 Å². The summed E-state index contributed by atoms with van der Waals surface area (Å²) in [6, 6.07) is 3.52. The lowest BCUT2D eigenvalue weighted by Crippen LogP contribution is -2.14. The van der Waals surface area contributed by atoms with Crippen molar-refractivity contribution in [2.24, 2.45) is 0 Å². The summed E-state index contributed by atoms with van der Waals surface area (Å²) in [5, 5.41) is 3.40. The second-order valence-corrected chi connectivity index (χ2v) is 7.99. The first-order valence-electron chi connectivity index (χ1n) is 10.1. The number of rotatable bonds is 8. The van der Waals surface area contributed by atoms with Gasteiger partial charge in [0.05, 0.1) is 33.5 Å². The fraction of sp³-hybridized carbons (Fsp3) is 0.391. The zero-order valence-corrected chi connectivity index (χ0v) is 19.0. The van der Waals surface area contributed by atoms with Gasteiger partial charge in [-0.25, -0.2) is 4.79 Å². The molecule has 166 valence electrons. The van der Waals surface area contributed by atoms with Crippen LogP contribution in [0.1, 0.15) is 46.1 Å². The monoisotopic (exact) mass is 445 g/mol. The van der Waals surface area contributed by atoms with Crippen molar-refractivity contribution in [2.45, 2.75) is 32.6 Å². The zero-order chi connectivity index (χ0) is 22.4. The number of anilines is 1. The highest BCUT2D eigenvalue weighted by atomic mass is 32.1. The van der Waals surface area contributed by atoms with Crippen LogP contribution in [0.5, 0.6) is 17.2 Å². The first kappa shape index (κ1) is 22.7.